The van der Waals surface area contributed by atoms with Crippen LogP contribution in [0.1, 0.15) is 32.6 Å². The van der Waals surface area contributed by atoms with E-state index in [0.717, 1.165) is 32.5 Å². The quantitative estimate of drug-likeness (QED) is 0.712. The first-order valence-electron chi connectivity index (χ1n) is 8.66. The third-order valence-corrected chi connectivity index (χ3v) is 6.24. The van der Waals surface area contributed by atoms with Gasteiger partial charge in [0.05, 0.1) is 6.04 Å². The maximum atomic E-state index is 12.6. The molecular formula is C15H24N4O4S. The molecule has 4 fully saturated rings. The van der Waals surface area contributed by atoms with Crippen LogP contribution in [0.5, 0.6) is 0 Å². The van der Waals surface area contributed by atoms with Gasteiger partial charge in [0.2, 0.25) is 5.91 Å². The summed E-state index contributed by atoms with van der Waals surface area (Å²) in [5, 5.41) is 4.31. The Balaban J connectivity index is 1.30. The molecular weight excluding hydrogens is 332 g/mol. The van der Waals surface area contributed by atoms with Crippen LogP contribution in [0.15, 0.2) is 0 Å². The highest BCUT2D eigenvalue weighted by Gasteiger charge is 2.53. The van der Waals surface area contributed by atoms with E-state index in [9.17, 15) is 9.59 Å². The van der Waals surface area contributed by atoms with E-state index in [1.165, 1.54) is 5.06 Å². The minimum Gasteiger partial charge on any atom is -0.352 e. The van der Waals surface area contributed by atoms with Crippen molar-refractivity contribution in [2.45, 2.75) is 50.7 Å². The van der Waals surface area contributed by atoms with E-state index in [0.29, 0.717) is 24.8 Å². The predicted molar refractivity (Wildman–Crippen MR) is 87.8 cm³/mol. The van der Waals surface area contributed by atoms with Crippen LogP contribution in [0.4, 0.5) is 4.79 Å². The molecule has 0 aromatic rings. The number of likely N-dealkylation sites (tertiary alicyclic amines) is 1. The zero-order chi connectivity index (χ0) is 16.9. The van der Waals surface area contributed by atoms with E-state index in [2.05, 4.69) is 17.1 Å². The van der Waals surface area contributed by atoms with Crippen molar-refractivity contribution in [3.05, 3.63) is 0 Å². The third kappa shape index (κ3) is 2.58. The lowest BCUT2D eigenvalue weighted by Gasteiger charge is -2.59. The summed E-state index contributed by atoms with van der Waals surface area (Å²) in [4.78, 5) is 28.9. The maximum Gasteiger partial charge on any atom is 0.346 e. The predicted octanol–water partition coefficient (Wildman–Crippen LogP) is 0.908. The van der Waals surface area contributed by atoms with Crippen LogP contribution in [0.2, 0.25) is 0 Å². The summed E-state index contributed by atoms with van der Waals surface area (Å²) in [5.74, 6) is -0.0492. The van der Waals surface area contributed by atoms with Crippen molar-refractivity contribution < 1.29 is 18.4 Å². The average molecular weight is 356 g/mol. The van der Waals surface area contributed by atoms with Gasteiger partial charge < -0.3 is 19.7 Å². The van der Waals surface area contributed by atoms with Crippen LogP contribution in [0.25, 0.3) is 0 Å². The highest BCUT2D eigenvalue weighted by Crippen LogP contribution is 2.48. The second-order valence-corrected chi connectivity index (χ2v) is 7.87. The Labute approximate surface area is 145 Å². The van der Waals surface area contributed by atoms with Crippen molar-refractivity contribution in [3.8, 4) is 0 Å². The molecule has 0 unspecified atom stereocenters. The number of urea groups is 1. The van der Waals surface area contributed by atoms with Gasteiger partial charge in [-0.25, -0.2) is 4.79 Å². The number of nitrogens with one attached hydrogen (secondary N) is 1. The highest BCUT2D eigenvalue weighted by atomic mass is 32.2. The Bertz CT molecular complexity index is 534. The Morgan fingerprint density at radius 3 is 2.83 bits per heavy atom. The van der Waals surface area contributed by atoms with E-state index in [1.54, 1.807) is 4.90 Å². The molecule has 2 N–H and O–H groups in total. The van der Waals surface area contributed by atoms with Crippen LogP contribution in [-0.2, 0) is 9.08 Å². The van der Waals surface area contributed by atoms with E-state index < -0.39 is 6.04 Å². The number of hydrogen-bond donors (Lipinski definition) is 2. The zero-order valence-corrected chi connectivity index (χ0v) is 14.6. The van der Waals surface area contributed by atoms with Crippen LogP contribution >= 0.6 is 12.3 Å². The summed E-state index contributed by atoms with van der Waals surface area (Å²) in [7, 11) is 0. The summed E-state index contributed by atoms with van der Waals surface area (Å²) in [6, 6.07) is -0.589. The SMILES string of the molecule is CCN1CC2(CC(NC(=O)[C@@H]3CC[C@@H]4CN3C(=O)N4OSO)C2)C1. The van der Waals surface area contributed by atoms with Crippen molar-refractivity contribution in [1.29, 1.82) is 0 Å². The maximum absolute atomic E-state index is 12.6. The van der Waals surface area contributed by atoms with Gasteiger partial charge in [-0.3, -0.25) is 4.79 Å². The zero-order valence-electron chi connectivity index (χ0n) is 13.8. The summed E-state index contributed by atoms with van der Waals surface area (Å²) < 4.78 is 13.7. The number of carbonyl (C=O) groups is 2. The molecule has 1 saturated carbocycles. The Morgan fingerprint density at radius 1 is 1.42 bits per heavy atom. The first-order valence-corrected chi connectivity index (χ1v) is 9.36. The first kappa shape index (κ1) is 16.4. The Hall–Kier alpha value is -1.03. The smallest absolute Gasteiger partial charge is 0.346 e. The molecule has 1 spiro atoms. The lowest BCUT2D eigenvalue weighted by molar-refractivity contribution is -0.131. The largest absolute Gasteiger partial charge is 0.352 e. The molecule has 8 nitrogen and oxygen atoms in total. The molecule has 4 aliphatic rings. The van der Waals surface area contributed by atoms with Crippen LogP contribution in [0, 0.1) is 5.41 Å². The number of rotatable bonds is 5. The number of fused-ring (bicyclic) bond motifs is 2. The van der Waals surface area contributed by atoms with E-state index in [1.807, 2.05) is 0 Å². The fourth-order valence-corrected chi connectivity index (χ4v) is 5.07. The lowest BCUT2D eigenvalue weighted by atomic mass is 9.60. The number of hydroxylamine groups is 2. The minimum absolute atomic E-state index is 0.0492. The standard InChI is InChI=1S/C15H24N4O4S/c1-2-17-8-15(9-17)5-10(6-15)16-13(20)12-4-3-11-7-18(12)14(21)19(11)23-24-22/h10-12,22H,2-9H2,1H3,(H,16,20)/t11-,12+/m1/s1. The number of hydrogen-bond acceptors (Lipinski definition) is 6. The van der Waals surface area contributed by atoms with Gasteiger partial charge in [-0.1, -0.05) is 6.92 Å². The molecule has 3 aliphatic heterocycles. The number of nitrogens with zero attached hydrogens (tertiary/aromatic N) is 3. The summed E-state index contributed by atoms with van der Waals surface area (Å²) in [6.45, 7) is 6.06. The van der Waals surface area contributed by atoms with Crippen molar-refractivity contribution in [2.24, 2.45) is 5.41 Å². The van der Waals surface area contributed by atoms with Gasteiger partial charge in [0.15, 0.2) is 12.3 Å². The molecule has 0 radical (unpaired) electrons. The fraction of sp³-hybridized carbons (Fsp3) is 0.867. The highest BCUT2D eigenvalue weighted by molar-refractivity contribution is 7.88. The Kier molecular flexibility index (Phi) is 4.14. The molecule has 134 valence electrons. The first-order chi connectivity index (χ1) is 11.5. The summed E-state index contributed by atoms with van der Waals surface area (Å²) in [6.07, 6.45) is 3.45. The lowest BCUT2D eigenvalue weighted by Crippen LogP contribution is -2.67. The minimum atomic E-state index is -0.420. The molecule has 3 saturated heterocycles. The topological polar surface area (TPSA) is 85.4 Å². The van der Waals surface area contributed by atoms with Gasteiger partial charge in [0, 0.05) is 25.7 Å². The van der Waals surface area contributed by atoms with E-state index in [4.69, 9.17) is 8.84 Å². The van der Waals surface area contributed by atoms with Crippen molar-refractivity contribution in [1.82, 2.24) is 20.2 Å². The van der Waals surface area contributed by atoms with Crippen LogP contribution in [-0.4, -0.2) is 75.7 Å². The molecule has 24 heavy (non-hydrogen) atoms. The molecule has 2 atom stereocenters. The second-order valence-electron chi connectivity index (χ2n) is 7.57. The number of piperidine rings is 1. The molecule has 0 aromatic heterocycles. The van der Waals surface area contributed by atoms with Gasteiger partial charge in [0.25, 0.3) is 0 Å². The van der Waals surface area contributed by atoms with Gasteiger partial charge in [-0.05, 0) is 37.6 Å². The Morgan fingerprint density at radius 2 is 2.17 bits per heavy atom. The molecule has 1 aliphatic carbocycles. The van der Waals surface area contributed by atoms with Gasteiger partial charge >= 0.3 is 6.03 Å². The van der Waals surface area contributed by atoms with E-state index >= 15 is 0 Å². The third-order valence-electron chi connectivity index (χ3n) is 6.01. The molecule has 2 bridgehead atoms. The van der Waals surface area contributed by atoms with Crippen LogP contribution in [0.3, 0.4) is 0 Å². The normalized spacial score (nSPS) is 32.0. The molecule has 4 rings (SSSR count). The molecule has 3 heterocycles. The van der Waals surface area contributed by atoms with Crippen LogP contribution < -0.4 is 5.32 Å². The molecule has 9 heteroatoms. The summed E-state index contributed by atoms with van der Waals surface area (Å²) >= 11 is 0.169. The second kappa shape index (κ2) is 6.05. The fourth-order valence-electron chi connectivity index (χ4n) is 4.81. The van der Waals surface area contributed by atoms with E-state index in [-0.39, 0.29) is 36.3 Å². The van der Waals surface area contributed by atoms with Crippen molar-refractivity contribution in [2.75, 3.05) is 26.2 Å². The van der Waals surface area contributed by atoms with Crippen molar-refractivity contribution in [3.63, 3.8) is 0 Å². The van der Waals surface area contributed by atoms with Gasteiger partial charge in [-0.2, -0.15) is 9.35 Å². The number of carbonyl (C=O) groups excluding carboxylic acids is 2. The summed E-state index contributed by atoms with van der Waals surface area (Å²) in [5.41, 5.74) is 0.429. The molecule has 0 aromatic carbocycles. The van der Waals surface area contributed by atoms with Gasteiger partial charge in [-0.15, -0.1) is 0 Å². The molecule has 3 amide bonds. The monoisotopic (exact) mass is 356 g/mol. The van der Waals surface area contributed by atoms with Gasteiger partial charge in [0.1, 0.15) is 6.04 Å². The average Bonchev–Trinajstić information content (AvgIpc) is 2.73. The van der Waals surface area contributed by atoms with Crippen molar-refractivity contribution >= 4 is 24.3 Å². The number of amides is 3.